The van der Waals surface area contributed by atoms with Crippen molar-refractivity contribution in [3.8, 4) is 5.75 Å². The molecule has 1 saturated heterocycles. The molecule has 1 aliphatic heterocycles. The van der Waals surface area contributed by atoms with Gasteiger partial charge in [0.25, 0.3) is 0 Å². The van der Waals surface area contributed by atoms with Crippen molar-refractivity contribution >= 4 is 20.3 Å². The molecule has 2 aliphatic carbocycles. The molecule has 62 heavy (non-hydrogen) atoms. The van der Waals surface area contributed by atoms with Crippen LogP contribution in [0.4, 0.5) is 0 Å². The largest absolute Gasteiger partial charge is 0.497 e. The van der Waals surface area contributed by atoms with Gasteiger partial charge in [0, 0.05) is 32.1 Å². The number of hydrogen-bond acceptors (Lipinski definition) is 10. The molecule has 1 aromatic rings. The minimum atomic E-state index is -2.27. The van der Waals surface area contributed by atoms with Gasteiger partial charge in [-0.1, -0.05) is 82.2 Å². The van der Waals surface area contributed by atoms with Crippen molar-refractivity contribution in [3.05, 3.63) is 77.4 Å². The summed E-state index contributed by atoms with van der Waals surface area (Å²) in [7, 11) is 4.30. The number of allylic oxidation sites excluding steroid dienone is 6. The van der Waals surface area contributed by atoms with Gasteiger partial charge in [0.15, 0.2) is 20.4 Å². The van der Waals surface area contributed by atoms with Gasteiger partial charge in [0.05, 0.1) is 38.4 Å². The average molecular weight is 881 g/mol. The first-order chi connectivity index (χ1) is 29.7. The molecule has 7 atom stereocenters. The van der Waals surface area contributed by atoms with E-state index < -0.39 is 43.4 Å². The van der Waals surface area contributed by atoms with E-state index in [2.05, 4.69) is 64.2 Å². The summed E-state index contributed by atoms with van der Waals surface area (Å²) < 4.78 is 52.1. The molecule has 348 valence electrons. The van der Waals surface area contributed by atoms with Crippen molar-refractivity contribution in [3.63, 3.8) is 0 Å². The van der Waals surface area contributed by atoms with Crippen LogP contribution in [0, 0.1) is 28.6 Å². The monoisotopic (exact) mass is 881 g/mol. The lowest BCUT2D eigenvalue weighted by molar-refractivity contribution is -0.263. The molecule has 0 aromatic heterocycles. The average Bonchev–Trinajstić information content (AvgIpc) is 3.50. The lowest BCUT2D eigenvalue weighted by Crippen LogP contribution is -2.55. The third-order valence-corrected chi connectivity index (χ3v) is 18.6. The molecule has 10 nitrogen and oxygen atoms in total. The van der Waals surface area contributed by atoms with Crippen LogP contribution < -0.4 is 4.74 Å². The second-order valence-corrected chi connectivity index (χ2v) is 23.2. The molecule has 0 saturated carbocycles. The van der Waals surface area contributed by atoms with Crippen molar-refractivity contribution in [2.75, 3.05) is 41.7 Å². The van der Waals surface area contributed by atoms with Crippen molar-refractivity contribution in [2.45, 2.75) is 156 Å². The maximum atomic E-state index is 14.5. The summed E-state index contributed by atoms with van der Waals surface area (Å²) in [5, 5.41) is 0. The molecule has 11 heteroatoms. The van der Waals surface area contributed by atoms with Gasteiger partial charge in [0.1, 0.15) is 17.8 Å². The predicted octanol–water partition coefficient (Wildman–Crippen LogP) is 11.6. The van der Waals surface area contributed by atoms with E-state index in [1.165, 1.54) is 7.11 Å². The number of hydrogen-bond donors (Lipinski definition) is 0. The van der Waals surface area contributed by atoms with Crippen molar-refractivity contribution in [1.82, 2.24) is 0 Å². The van der Waals surface area contributed by atoms with Crippen LogP contribution in [0.3, 0.4) is 0 Å². The van der Waals surface area contributed by atoms with Gasteiger partial charge in [-0.25, -0.2) is 0 Å². The van der Waals surface area contributed by atoms with E-state index in [4.69, 9.17) is 37.6 Å². The molecular formula is C51H80O10Si. The maximum Gasteiger partial charge on any atom is 0.318 e. The number of rotatable bonds is 24. The summed E-state index contributed by atoms with van der Waals surface area (Å²) in [6.45, 7) is 16.6. The van der Waals surface area contributed by atoms with Gasteiger partial charge in [0.2, 0.25) is 0 Å². The fourth-order valence-electron chi connectivity index (χ4n) is 9.83. The van der Waals surface area contributed by atoms with Gasteiger partial charge >= 0.3 is 11.9 Å². The number of carbonyl (C=O) groups excluding carboxylic acids is 2. The topological polar surface area (TPSA) is 108 Å². The van der Waals surface area contributed by atoms with Gasteiger partial charge in [-0.15, -0.1) is 0 Å². The fourth-order valence-corrected chi connectivity index (χ4v) is 12.7. The first kappa shape index (κ1) is 51.6. The van der Waals surface area contributed by atoms with Gasteiger partial charge in [-0.3, -0.25) is 9.59 Å². The summed E-state index contributed by atoms with van der Waals surface area (Å²) in [4.78, 5) is 28.0. The van der Waals surface area contributed by atoms with Crippen LogP contribution in [0.2, 0.25) is 18.1 Å². The molecule has 4 bridgehead atoms. The van der Waals surface area contributed by atoms with E-state index in [0.717, 1.165) is 73.4 Å². The number of esters is 2. The highest BCUT2D eigenvalue weighted by atomic mass is 28.4. The zero-order valence-corrected chi connectivity index (χ0v) is 41.2. The Morgan fingerprint density at radius 1 is 0.919 bits per heavy atom. The van der Waals surface area contributed by atoms with Gasteiger partial charge < -0.3 is 37.6 Å². The molecule has 1 heterocycles. The molecule has 3 aliphatic rings. The van der Waals surface area contributed by atoms with E-state index in [1.54, 1.807) is 21.3 Å². The Balaban J connectivity index is 2.02. The highest BCUT2D eigenvalue weighted by Gasteiger charge is 2.58. The lowest BCUT2D eigenvalue weighted by atomic mass is 9.62. The van der Waals surface area contributed by atoms with E-state index in [-0.39, 0.29) is 42.9 Å². The van der Waals surface area contributed by atoms with Crippen molar-refractivity contribution < 1.29 is 47.2 Å². The Hall–Kier alpha value is -3.06. The zero-order valence-electron chi connectivity index (χ0n) is 40.2. The molecule has 1 aromatic carbocycles. The number of unbranched alkanes of at least 4 members (excludes halogenated alkanes) is 3. The smallest absolute Gasteiger partial charge is 0.318 e. The molecule has 0 N–H and O–H groups in total. The molecule has 0 spiro atoms. The van der Waals surface area contributed by atoms with E-state index in [0.29, 0.717) is 25.0 Å². The SMILES string of the molecule is C/C=C/CCCCC[C@@H]1C=C2[C@@H]3OC(c4ccc(OC)cc4)OC[C@]2(C(=O)OC)CC=C(COC(=O)C(C)(C)C)[C@@H]3[C@H]1C[C@@H](O[Si](CC)(CC)CC)C(CC/C=C/C)(OC)OC. The fraction of sp³-hybridized carbons (Fsp3) is 0.686. The highest BCUT2D eigenvalue weighted by Crippen LogP contribution is 2.56. The summed E-state index contributed by atoms with van der Waals surface area (Å²) in [5.74, 6) is -1.39. The Kier molecular flexibility index (Phi) is 19.8. The Morgan fingerprint density at radius 2 is 1.58 bits per heavy atom. The van der Waals surface area contributed by atoms with Crippen LogP contribution in [0.1, 0.15) is 125 Å². The number of carbonyl (C=O) groups is 2. The highest BCUT2D eigenvalue weighted by molar-refractivity contribution is 6.73. The standard InChI is InChI=1S/C51H80O10Si/c1-13-18-20-21-22-23-25-38-33-42-45-44(41(38)34-43(61-62(15-3,16-4)17-5)51(56-11,57-12)31-24-19-14-2)39(35-58-47(52)49(6,7)8)30-32-50(42,48(53)55-10)36-59-46(60-45)37-26-28-40(54-9)29-27-37/h13-14,18-19,26-30,33,38,41,43-46H,15-17,20-25,31-32,34-36H2,1-12H3/b18-13+,19-14+/t38-,41+,43-,44-,45+,46?,50-/m1/s1. The minimum absolute atomic E-state index is 0.00643. The van der Waals surface area contributed by atoms with Crippen LogP contribution in [0.15, 0.2) is 71.9 Å². The van der Waals surface area contributed by atoms with Crippen molar-refractivity contribution in [1.29, 1.82) is 0 Å². The second kappa shape index (κ2) is 23.7. The predicted molar refractivity (Wildman–Crippen MR) is 248 cm³/mol. The number of ether oxygens (including phenoxy) is 7. The first-order valence-electron chi connectivity index (χ1n) is 23.3. The quantitative estimate of drug-likeness (QED) is 0.0327. The lowest BCUT2D eigenvalue weighted by Gasteiger charge is -2.49. The molecule has 1 fully saturated rings. The summed E-state index contributed by atoms with van der Waals surface area (Å²) in [5.41, 5.74) is 0.745. The van der Waals surface area contributed by atoms with Crippen LogP contribution >= 0.6 is 0 Å². The molecule has 0 radical (unpaired) electrons. The maximum absolute atomic E-state index is 14.5. The first-order valence-corrected chi connectivity index (χ1v) is 25.8. The van der Waals surface area contributed by atoms with Crippen LogP contribution in [0.25, 0.3) is 0 Å². The van der Waals surface area contributed by atoms with E-state index >= 15 is 0 Å². The van der Waals surface area contributed by atoms with Crippen LogP contribution in [-0.4, -0.2) is 79.9 Å². The second-order valence-electron chi connectivity index (χ2n) is 18.5. The summed E-state index contributed by atoms with van der Waals surface area (Å²) in [6, 6.07) is 10.6. The van der Waals surface area contributed by atoms with E-state index in [1.807, 2.05) is 52.0 Å². The normalized spacial score (nSPS) is 24.9. The van der Waals surface area contributed by atoms with Gasteiger partial charge in [-0.05, 0) is 126 Å². The summed E-state index contributed by atoms with van der Waals surface area (Å²) in [6.07, 6.45) is 18.5. The van der Waals surface area contributed by atoms with Crippen LogP contribution in [0.5, 0.6) is 5.75 Å². The minimum Gasteiger partial charge on any atom is -0.497 e. The Morgan fingerprint density at radius 3 is 2.16 bits per heavy atom. The third-order valence-electron chi connectivity index (χ3n) is 14.0. The molecule has 0 amide bonds. The van der Waals surface area contributed by atoms with Crippen LogP contribution in [-0.2, 0) is 42.4 Å². The Labute approximate surface area is 375 Å². The molecular weight excluding hydrogens is 801 g/mol. The molecule has 4 rings (SSSR count). The van der Waals surface area contributed by atoms with Gasteiger partial charge in [-0.2, -0.15) is 0 Å². The number of benzene rings is 1. The van der Waals surface area contributed by atoms with E-state index in [9.17, 15) is 9.59 Å². The zero-order chi connectivity index (χ0) is 45.6. The Bertz CT molecular complexity index is 1680. The van der Waals surface area contributed by atoms with Crippen molar-refractivity contribution in [2.24, 2.45) is 28.6 Å². The summed E-state index contributed by atoms with van der Waals surface area (Å²) >= 11 is 0. The third kappa shape index (κ3) is 12.0. The number of methoxy groups -OCH3 is 4. The molecule has 1 unspecified atom stereocenters.